The van der Waals surface area contributed by atoms with Crippen LogP contribution in [-0.4, -0.2) is 28.8 Å². The van der Waals surface area contributed by atoms with Gasteiger partial charge in [-0.2, -0.15) is 0 Å². The predicted molar refractivity (Wildman–Crippen MR) is 181 cm³/mol. The number of esters is 2. The van der Waals surface area contributed by atoms with E-state index in [-0.39, 0.29) is 48.0 Å². The quantitative estimate of drug-likeness (QED) is 0.254. The summed E-state index contributed by atoms with van der Waals surface area (Å²) in [7, 11) is 0. The molecule has 2 aromatic carbocycles. The zero-order chi connectivity index (χ0) is 32.9. The summed E-state index contributed by atoms with van der Waals surface area (Å²) in [6.45, 7) is 6.56. The molecule has 0 unspecified atom stereocenters. The van der Waals surface area contributed by atoms with Crippen LogP contribution < -0.4 is 0 Å². The topological polar surface area (TPSA) is 93.1 Å². The Balaban J connectivity index is 1.48. The molecule has 0 radical (unpaired) electrons. The van der Waals surface area contributed by atoms with Crippen LogP contribution in [0.25, 0.3) is 16.7 Å². The molecular weight excluding hydrogens is 588 g/mol. The molecule has 2 bridgehead atoms. The van der Waals surface area contributed by atoms with E-state index in [2.05, 4.69) is 45.1 Å². The smallest absolute Gasteiger partial charge is 0.340 e. The number of allylic oxidation sites excluding steroid dienone is 5. The van der Waals surface area contributed by atoms with Crippen molar-refractivity contribution in [2.75, 3.05) is 6.61 Å². The van der Waals surface area contributed by atoms with Gasteiger partial charge in [-0.15, -0.1) is 0 Å². The van der Waals surface area contributed by atoms with Crippen LogP contribution in [0.15, 0.2) is 88.9 Å². The molecule has 47 heavy (non-hydrogen) atoms. The summed E-state index contributed by atoms with van der Waals surface area (Å²) < 4.78 is 12.4. The molecule has 2 N–H and O–H groups in total. The molecule has 2 heterocycles. The van der Waals surface area contributed by atoms with Crippen LogP contribution in [0.5, 0.6) is 5.75 Å². The van der Waals surface area contributed by atoms with Crippen LogP contribution in [0.1, 0.15) is 84.1 Å². The highest BCUT2D eigenvalue weighted by Gasteiger charge is 2.68. The maximum absolute atomic E-state index is 14.4. The fourth-order valence-electron chi connectivity index (χ4n) is 9.35. The Bertz CT molecular complexity index is 1710. The number of rotatable bonds is 10. The molecule has 0 aromatic heterocycles. The minimum absolute atomic E-state index is 0.0211. The predicted octanol–water partition coefficient (Wildman–Crippen LogP) is 8.66. The first-order valence-electron chi connectivity index (χ1n) is 17.6. The minimum Gasteiger partial charge on any atom is -0.508 e. The van der Waals surface area contributed by atoms with Crippen LogP contribution in [0.2, 0.25) is 0 Å². The van der Waals surface area contributed by atoms with Crippen molar-refractivity contribution >= 4 is 17.5 Å². The Morgan fingerprint density at radius 1 is 0.957 bits per heavy atom. The number of fused-ring (bicyclic) bond motifs is 1. The first-order chi connectivity index (χ1) is 22.8. The lowest BCUT2D eigenvalue weighted by Crippen LogP contribution is -2.52. The average Bonchev–Trinajstić information content (AvgIpc) is 3.55. The summed E-state index contributed by atoms with van der Waals surface area (Å²) >= 11 is 0. The number of aliphatic hydroxyl groups excluding tert-OH is 1. The molecule has 5 atom stereocenters. The molecule has 1 saturated carbocycles. The highest BCUT2D eigenvalue weighted by atomic mass is 16.5. The van der Waals surface area contributed by atoms with Crippen molar-refractivity contribution in [1.82, 2.24) is 0 Å². The SMILES string of the molecule is CCC/C=C1\OC(=O)C2=C1CC[C@H]1[C@H]3CC[C@]4(C(=C3c3cc(O)ccc3-c3ccccc3)C(=O)O/C4=C\[C@H](CCO)CCC(C)C)[C@@H]21. The highest BCUT2D eigenvalue weighted by molar-refractivity contribution is 6.07. The van der Waals surface area contributed by atoms with Crippen molar-refractivity contribution in [2.45, 2.75) is 78.6 Å². The highest BCUT2D eigenvalue weighted by Crippen LogP contribution is 2.72. The lowest BCUT2D eigenvalue weighted by atomic mass is 9.44. The Kier molecular flexibility index (Phi) is 8.50. The molecule has 1 saturated heterocycles. The largest absolute Gasteiger partial charge is 0.508 e. The number of phenolic OH excluding ortho intramolecular Hbond substituents is 1. The third-order valence-electron chi connectivity index (χ3n) is 11.3. The standard InChI is InChI=1S/C41H46O6/c1-4-5-11-33-31-17-16-30-29-18-20-41(37(30)36(31)39(44)46-33)34(22-25(19-21-42)13-12-24(2)3)47-40(45)38(41)35(29)32-23-27(43)14-15-28(32)26-9-7-6-8-10-26/h6-11,14-15,22-25,29-30,37,42-43H,4-5,12-13,16-21H2,1-3H3/b33-11-,34-22-/t25-,29+,30-,37+,41+/m0/s1. The van der Waals surface area contributed by atoms with Gasteiger partial charge in [-0.1, -0.05) is 70.0 Å². The average molecular weight is 635 g/mol. The first kappa shape index (κ1) is 31.7. The molecule has 2 aliphatic heterocycles. The van der Waals surface area contributed by atoms with E-state index < -0.39 is 5.41 Å². The van der Waals surface area contributed by atoms with Crippen LogP contribution in [0.4, 0.5) is 0 Å². The van der Waals surface area contributed by atoms with E-state index in [1.165, 1.54) is 0 Å². The number of hydrogen-bond donors (Lipinski definition) is 2. The number of aliphatic hydroxyl groups is 1. The van der Waals surface area contributed by atoms with E-state index in [9.17, 15) is 19.8 Å². The molecule has 2 fully saturated rings. The summed E-state index contributed by atoms with van der Waals surface area (Å²) in [4.78, 5) is 28.3. The summed E-state index contributed by atoms with van der Waals surface area (Å²) in [5.41, 5.74) is 5.35. The Morgan fingerprint density at radius 3 is 2.51 bits per heavy atom. The number of aromatic hydroxyl groups is 1. The second-order valence-corrected chi connectivity index (χ2v) is 14.5. The zero-order valence-electron chi connectivity index (χ0n) is 27.8. The van der Waals surface area contributed by atoms with E-state index in [1.54, 1.807) is 6.07 Å². The third kappa shape index (κ3) is 5.20. The second-order valence-electron chi connectivity index (χ2n) is 14.5. The monoisotopic (exact) mass is 634 g/mol. The number of benzene rings is 2. The van der Waals surface area contributed by atoms with Crippen LogP contribution in [0, 0.1) is 35.0 Å². The van der Waals surface area contributed by atoms with Gasteiger partial charge < -0.3 is 19.7 Å². The van der Waals surface area contributed by atoms with Gasteiger partial charge in [0.15, 0.2) is 0 Å². The summed E-state index contributed by atoms with van der Waals surface area (Å²) in [6.07, 6.45) is 11.6. The fourth-order valence-corrected chi connectivity index (χ4v) is 9.35. The van der Waals surface area contributed by atoms with Crippen LogP contribution in [0.3, 0.4) is 0 Å². The third-order valence-corrected chi connectivity index (χ3v) is 11.3. The molecule has 2 aromatic rings. The second kappa shape index (κ2) is 12.6. The van der Waals surface area contributed by atoms with Gasteiger partial charge in [0.2, 0.25) is 0 Å². The van der Waals surface area contributed by atoms with Crippen molar-refractivity contribution in [3.05, 3.63) is 94.5 Å². The molecule has 6 aliphatic rings. The lowest BCUT2D eigenvalue weighted by Gasteiger charge is -2.56. The Hall–Kier alpha value is -3.90. The van der Waals surface area contributed by atoms with Crippen molar-refractivity contribution in [3.8, 4) is 16.9 Å². The van der Waals surface area contributed by atoms with Gasteiger partial charge in [0.1, 0.15) is 17.3 Å². The van der Waals surface area contributed by atoms with Crippen LogP contribution in [-0.2, 0) is 19.1 Å². The van der Waals surface area contributed by atoms with E-state index in [1.807, 2.05) is 30.3 Å². The lowest BCUT2D eigenvalue weighted by molar-refractivity contribution is -0.135. The maximum Gasteiger partial charge on any atom is 0.340 e. The number of carbonyl (C=O) groups is 2. The summed E-state index contributed by atoms with van der Waals surface area (Å²) in [6, 6.07) is 15.6. The molecule has 8 rings (SSSR count). The van der Waals surface area contributed by atoms with Crippen molar-refractivity contribution in [2.24, 2.45) is 35.0 Å². The van der Waals surface area contributed by atoms with E-state index in [0.29, 0.717) is 35.9 Å². The van der Waals surface area contributed by atoms with Gasteiger partial charge in [-0.25, -0.2) is 9.59 Å². The molecule has 246 valence electrons. The molecule has 6 heteroatoms. The van der Waals surface area contributed by atoms with E-state index in [4.69, 9.17) is 9.47 Å². The molecule has 6 nitrogen and oxygen atoms in total. The van der Waals surface area contributed by atoms with Crippen molar-refractivity contribution in [1.29, 1.82) is 0 Å². The first-order valence-corrected chi connectivity index (χ1v) is 17.6. The number of cyclic esters (lactones) is 2. The van der Waals surface area contributed by atoms with Gasteiger partial charge in [-0.05, 0) is 115 Å². The Morgan fingerprint density at radius 2 is 1.77 bits per heavy atom. The fraction of sp³-hybridized carbons (Fsp3) is 0.463. The number of ether oxygens (including phenoxy) is 2. The number of phenols is 1. The van der Waals surface area contributed by atoms with Crippen LogP contribution >= 0.6 is 0 Å². The number of hydrogen-bond acceptors (Lipinski definition) is 6. The molecule has 0 amide bonds. The minimum atomic E-state index is -0.822. The molecule has 1 spiro atoms. The normalized spacial score (nSPS) is 28.6. The van der Waals surface area contributed by atoms with Crippen molar-refractivity contribution in [3.63, 3.8) is 0 Å². The Labute approximate surface area is 277 Å². The summed E-state index contributed by atoms with van der Waals surface area (Å²) in [5, 5.41) is 20.9. The van der Waals surface area contributed by atoms with Gasteiger partial charge in [0.05, 0.1) is 11.0 Å². The van der Waals surface area contributed by atoms with Gasteiger partial charge in [-0.3, -0.25) is 0 Å². The number of unbranched alkanes of at least 4 members (excludes halogenated alkanes) is 1. The van der Waals surface area contributed by atoms with Gasteiger partial charge in [0, 0.05) is 23.7 Å². The van der Waals surface area contributed by atoms with Gasteiger partial charge in [0.25, 0.3) is 0 Å². The maximum atomic E-state index is 14.4. The van der Waals surface area contributed by atoms with Gasteiger partial charge >= 0.3 is 11.9 Å². The molecule has 4 aliphatic carbocycles. The van der Waals surface area contributed by atoms with E-state index in [0.717, 1.165) is 78.4 Å². The zero-order valence-corrected chi connectivity index (χ0v) is 27.8. The number of carbonyl (C=O) groups excluding carboxylic acids is 2. The molecular formula is C41H46O6. The van der Waals surface area contributed by atoms with E-state index >= 15 is 0 Å². The van der Waals surface area contributed by atoms with Crippen molar-refractivity contribution < 1.29 is 29.3 Å². The summed E-state index contributed by atoms with van der Waals surface area (Å²) in [5.74, 6) is 1.27.